The van der Waals surface area contributed by atoms with Crippen molar-refractivity contribution in [2.45, 2.75) is 0 Å². The molecular weight excluding hydrogens is 204 g/mol. The molecule has 0 amide bonds. The Morgan fingerprint density at radius 3 is 3.00 bits per heavy atom. The van der Waals surface area contributed by atoms with E-state index < -0.39 is 0 Å². The molecule has 0 radical (unpaired) electrons. The molecule has 3 heteroatoms. The molecule has 2 aliphatic heterocycles. The fourth-order valence-corrected chi connectivity index (χ4v) is 2.28. The Kier molecular flexibility index (Phi) is 1.96. The van der Waals surface area contributed by atoms with E-state index in [0.717, 1.165) is 4.93 Å². The van der Waals surface area contributed by atoms with Crippen molar-refractivity contribution in [3.8, 4) is 0 Å². The molecule has 0 N–H and O–H groups in total. The quantitative estimate of drug-likeness (QED) is 0.598. The molecule has 15 heavy (non-hydrogen) atoms. The summed E-state index contributed by atoms with van der Waals surface area (Å²) in [6.07, 6.45) is 8.13. The van der Waals surface area contributed by atoms with E-state index in [9.17, 15) is 0 Å². The minimum atomic E-state index is 0.173. The molecule has 2 aliphatic rings. The number of para-hydroxylation sites is 1. The number of rotatable bonds is 0. The minimum absolute atomic E-state index is 0.173. The smallest absolute Gasteiger partial charge is 0.332 e. The third kappa shape index (κ3) is 1.33. The number of fused-ring (bicyclic) bond motifs is 3. The molecule has 0 fully saturated rings. The van der Waals surface area contributed by atoms with Gasteiger partial charge in [0.05, 0.1) is 0 Å². The summed E-state index contributed by atoms with van der Waals surface area (Å²) >= 11 is 6.17. The molecule has 0 unspecified atom stereocenters. The lowest BCUT2D eigenvalue weighted by Crippen LogP contribution is -2.38. The molecule has 72 valence electrons. The second-order valence-corrected chi connectivity index (χ2v) is 4.10. The van der Waals surface area contributed by atoms with Crippen LogP contribution in [0.4, 0.5) is 5.69 Å². The zero-order valence-corrected chi connectivity index (χ0v) is 8.85. The third-order valence-corrected chi connectivity index (χ3v) is 3.11. The molecule has 0 bridgehead atoms. The van der Waals surface area contributed by atoms with Gasteiger partial charge in [-0.3, -0.25) is 0 Å². The van der Waals surface area contributed by atoms with Gasteiger partial charge in [0.2, 0.25) is 0 Å². The zero-order chi connectivity index (χ0) is 10.3. The summed E-state index contributed by atoms with van der Waals surface area (Å²) in [6.45, 7) is 0.173. The van der Waals surface area contributed by atoms with Crippen LogP contribution in [0.5, 0.6) is 0 Å². The van der Waals surface area contributed by atoms with Gasteiger partial charge in [-0.2, -0.15) is 0 Å². The Hall–Kier alpha value is -1.41. The highest BCUT2D eigenvalue weighted by Gasteiger charge is 2.28. The Morgan fingerprint density at radius 1 is 1.20 bits per heavy atom. The van der Waals surface area contributed by atoms with Crippen molar-refractivity contribution in [2.75, 3.05) is 4.81 Å². The monoisotopic (exact) mass is 213 g/mol. The Bertz CT molecular complexity index is 490. The normalized spacial score (nSPS) is 17.3. The molecule has 1 aromatic carbocycles. The topological polar surface area (TPSA) is 3.24 Å². The summed E-state index contributed by atoms with van der Waals surface area (Å²) in [7, 11) is 0. The first-order valence-corrected chi connectivity index (χ1v) is 5.33. The molecule has 0 saturated carbocycles. The molecular formula is C12H9BClN. The lowest BCUT2D eigenvalue weighted by molar-refractivity contribution is 1.35. The Labute approximate surface area is 94.4 Å². The van der Waals surface area contributed by atoms with Crippen molar-refractivity contribution in [1.82, 2.24) is 0 Å². The van der Waals surface area contributed by atoms with Gasteiger partial charge in [0.15, 0.2) is 0 Å². The summed E-state index contributed by atoms with van der Waals surface area (Å²) in [5, 5.41) is 0. The van der Waals surface area contributed by atoms with Gasteiger partial charge in [-0.1, -0.05) is 47.9 Å². The van der Waals surface area contributed by atoms with E-state index in [1.807, 2.05) is 12.2 Å². The average Bonchev–Trinajstić information content (AvgIpc) is 2.29. The lowest BCUT2D eigenvalue weighted by atomic mass is 9.56. The van der Waals surface area contributed by atoms with Crippen LogP contribution in [0.15, 0.2) is 53.5 Å². The molecule has 0 aromatic heterocycles. The van der Waals surface area contributed by atoms with Crippen molar-refractivity contribution < 1.29 is 0 Å². The fourth-order valence-electron chi connectivity index (χ4n) is 2.03. The largest absolute Gasteiger partial charge is 0.382 e. The highest BCUT2D eigenvalue weighted by Crippen LogP contribution is 2.32. The van der Waals surface area contributed by atoms with Gasteiger partial charge in [-0.25, -0.2) is 0 Å². The standard InChI is InChI=1S/C12H9BClN/c14-12-6-3-9-15-11-5-2-1-4-10(11)7-8-13(12)15/h1-9H. The van der Waals surface area contributed by atoms with Crippen LogP contribution in [0.1, 0.15) is 5.56 Å². The minimum Gasteiger partial charge on any atom is -0.382 e. The van der Waals surface area contributed by atoms with Gasteiger partial charge in [-0.15, -0.1) is 0 Å². The van der Waals surface area contributed by atoms with E-state index >= 15 is 0 Å². The molecule has 0 saturated heterocycles. The summed E-state index contributed by atoms with van der Waals surface area (Å²) in [5.41, 5.74) is 2.46. The first-order chi connectivity index (χ1) is 7.36. The first-order valence-electron chi connectivity index (χ1n) is 4.96. The lowest BCUT2D eigenvalue weighted by Gasteiger charge is -2.32. The second-order valence-electron chi connectivity index (χ2n) is 3.66. The Morgan fingerprint density at radius 2 is 2.07 bits per heavy atom. The van der Waals surface area contributed by atoms with Crippen LogP contribution >= 0.6 is 11.6 Å². The first kappa shape index (κ1) is 8.87. The molecule has 3 rings (SSSR count). The van der Waals surface area contributed by atoms with Gasteiger partial charge in [0.1, 0.15) is 0 Å². The number of halogens is 1. The van der Waals surface area contributed by atoms with Crippen LogP contribution in [0.25, 0.3) is 6.08 Å². The van der Waals surface area contributed by atoms with Gasteiger partial charge in [0, 0.05) is 10.6 Å². The van der Waals surface area contributed by atoms with E-state index in [4.69, 9.17) is 11.6 Å². The van der Waals surface area contributed by atoms with E-state index in [0.29, 0.717) is 0 Å². The SMILES string of the molecule is ClC1=CC=CN2B1C=Cc1ccccc12. The highest BCUT2D eigenvalue weighted by molar-refractivity contribution is 6.85. The Balaban J connectivity index is 2.15. The fraction of sp³-hybridized carbons (Fsp3) is 0. The van der Waals surface area contributed by atoms with Crippen molar-refractivity contribution >= 4 is 30.2 Å². The van der Waals surface area contributed by atoms with Crippen LogP contribution in [0.2, 0.25) is 0 Å². The van der Waals surface area contributed by atoms with Crippen molar-refractivity contribution in [2.24, 2.45) is 0 Å². The van der Waals surface area contributed by atoms with Crippen LogP contribution < -0.4 is 4.81 Å². The van der Waals surface area contributed by atoms with Gasteiger partial charge >= 0.3 is 6.85 Å². The van der Waals surface area contributed by atoms with E-state index in [2.05, 4.69) is 47.3 Å². The molecule has 0 spiro atoms. The van der Waals surface area contributed by atoms with Crippen molar-refractivity contribution in [1.29, 1.82) is 0 Å². The van der Waals surface area contributed by atoms with Crippen LogP contribution in [-0.2, 0) is 0 Å². The molecule has 0 aliphatic carbocycles. The number of nitrogens with zero attached hydrogens (tertiary/aromatic N) is 1. The van der Waals surface area contributed by atoms with Crippen molar-refractivity contribution in [3.63, 3.8) is 0 Å². The zero-order valence-electron chi connectivity index (χ0n) is 8.10. The van der Waals surface area contributed by atoms with Gasteiger partial charge < -0.3 is 4.81 Å². The molecule has 2 heterocycles. The van der Waals surface area contributed by atoms with Crippen LogP contribution in [-0.4, -0.2) is 6.85 Å². The molecule has 1 aromatic rings. The number of hydrogen-bond donors (Lipinski definition) is 0. The predicted molar refractivity (Wildman–Crippen MR) is 66.8 cm³/mol. The average molecular weight is 213 g/mol. The number of allylic oxidation sites excluding steroid dienone is 2. The maximum Gasteiger partial charge on any atom is 0.332 e. The van der Waals surface area contributed by atoms with Gasteiger partial charge in [-0.05, 0) is 23.9 Å². The second kappa shape index (κ2) is 3.32. The predicted octanol–water partition coefficient (Wildman–Crippen LogP) is 3.24. The van der Waals surface area contributed by atoms with Crippen LogP contribution in [0.3, 0.4) is 0 Å². The number of hydrogen-bond acceptors (Lipinski definition) is 1. The summed E-state index contributed by atoms with van der Waals surface area (Å²) in [5.74, 6) is 2.13. The van der Waals surface area contributed by atoms with Gasteiger partial charge in [0.25, 0.3) is 0 Å². The third-order valence-electron chi connectivity index (χ3n) is 2.76. The van der Waals surface area contributed by atoms with Crippen molar-refractivity contribution in [3.05, 3.63) is 59.1 Å². The molecule has 1 nitrogen and oxygen atoms in total. The molecule has 0 atom stereocenters. The van der Waals surface area contributed by atoms with E-state index in [1.165, 1.54) is 11.3 Å². The maximum absolute atomic E-state index is 6.17. The summed E-state index contributed by atoms with van der Waals surface area (Å²) in [6, 6.07) is 8.33. The van der Waals surface area contributed by atoms with E-state index in [-0.39, 0.29) is 6.85 Å². The highest BCUT2D eigenvalue weighted by atomic mass is 35.5. The summed E-state index contributed by atoms with van der Waals surface area (Å²) < 4.78 is 0. The maximum atomic E-state index is 6.17. The number of benzene rings is 1. The van der Waals surface area contributed by atoms with E-state index in [1.54, 1.807) is 0 Å². The summed E-state index contributed by atoms with van der Waals surface area (Å²) in [4.78, 5) is 3.06. The number of anilines is 1. The van der Waals surface area contributed by atoms with Crippen LogP contribution in [0, 0.1) is 0 Å².